The smallest absolute Gasteiger partial charge is 0.271 e. The number of benzene rings is 2. The highest BCUT2D eigenvalue weighted by molar-refractivity contribution is 7.94. The third-order valence-corrected chi connectivity index (χ3v) is 7.73. The summed E-state index contributed by atoms with van der Waals surface area (Å²) in [5, 5.41) is 10.7. The molecule has 1 aromatic heterocycles. The second-order valence-corrected chi connectivity index (χ2v) is 10.7. The Labute approximate surface area is 198 Å². The minimum atomic E-state index is -3.61. The summed E-state index contributed by atoms with van der Waals surface area (Å²) in [6.07, 6.45) is 0.210. The SMILES string of the molecule is CN(C)CCN(Cc1ccc(C#N)cc1)C(=O)Cc1ccc(NS(=O)(=O)c2cccs2)cc1. The number of nitrogens with zero attached hydrogens (tertiary/aromatic N) is 3. The number of hydrogen-bond donors (Lipinski definition) is 1. The van der Waals surface area contributed by atoms with Gasteiger partial charge in [0.15, 0.2) is 0 Å². The van der Waals surface area contributed by atoms with Crippen LogP contribution in [0.2, 0.25) is 0 Å². The van der Waals surface area contributed by atoms with E-state index in [1.807, 2.05) is 31.1 Å². The van der Waals surface area contributed by atoms with Gasteiger partial charge in [0.1, 0.15) is 4.21 Å². The number of carbonyl (C=O) groups excluding carboxylic acids is 1. The van der Waals surface area contributed by atoms with Crippen molar-refractivity contribution in [3.63, 3.8) is 0 Å². The van der Waals surface area contributed by atoms with Crippen LogP contribution in [0.15, 0.2) is 70.3 Å². The van der Waals surface area contributed by atoms with Gasteiger partial charge in [0.2, 0.25) is 5.91 Å². The zero-order chi connectivity index (χ0) is 23.8. The van der Waals surface area contributed by atoms with Gasteiger partial charge in [0, 0.05) is 25.3 Å². The summed E-state index contributed by atoms with van der Waals surface area (Å²) in [6, 6.07) is 19.4. The highest BCUT2D eigenvalue weighted by Crippen LogP contribution is 2.21. The van der Waals surface area contributed by atoms with Gasteiger partial charge in [-0.05, 0) is 60.9 Å². The van der Waals surface area contributed by atoms with Crippen molar-refractivity contribution in [3.05, 3.63) is 82.7 Å². The van der Waals surface area contributed by atoms with Gasteiger partial charge in [-0.15, -0.1) is 11.3 Å². The van der Waals surface area contributed by atoms with Crippen LogP contribution in [0, 0.1) is 11.3 Å². The maximum Gasteiger partial charge on any atom is 0.271 e. The molecule has 2 aromatic carbocycles. The number of amides is 1. The average molecular weight is 483 g/mol. The van der Waals surface area contributed by atoms with Crippen LogP contribution in [0.4, 0.5) is 5.69 Å². The summed E-state index contributed by atoms with van der Waals surface area (Å²) < 4.78 is 27.6. The fraction of sp³-hybridized carbons (Fsp3) is 0.250. The normalized spacial score (nSPS) is 11.2. The summed E-state index contributed by atoms with van der Waals surface area (Å²) >= 11 is 1.15. The van der Waals surface area contributed by atoms with E-state index in [2.05, 4.69) is 10.8 Å². The van der Waals surface area contributed by atoms with Crippen LogP contribution < -0.4 is 4.72 Å². The second kappa shape index (κ2) is 11.1. The lowest BCUT2D eigenvalue weighted by molar-refractivity contribution is -0.131. The molecule has 0 aliphatic carbocycles. The molecule has 0 aliphatic rings. The lowest BCUT2D eigenvalue weighted by Crippen LogP contribution is -2.37. The Kier molecular flexibility index (Phi) is 8.22. The third kappa shape index (κ3) is 7.15. The van der Waals surface area contributed by atoms with Gasteiger partial charge in [-0.3, -0.25) is 9.52 Å². The summed E-state index contributed by atoms with van der Waals surface area (Å²) in [5.74, 6) is -0.0203. The first-order chi connectivity index (χ1) is 15.8. The van der Waals surface area contributed by atoms with Gasteiger partial charge in [-0.1, -0.05) is 30.3 Å². The van der Waals surface area contributed by atoms with Crippen LogP contribution in [0.25, 0.3) is 0 Å². The molecule has 7 nitrogen and oxygen atoms in total. The number of carbonyl (C=O) groups is 1. The van der Waals surface area contributed by atoms with Crippen LogP contribution in [0.5, 0.6) is 0 Å². The number of anilines is 1. The molecule has 0 aliphatic heterocycles. The largest absolute Gasteiger partial charge is 0.337 e. The second-order valence-electron chi connectivity index (χ2n) is 7.84. The molecule has 9 heteroatoms. The van der Waals surface area contributed by atoms with E-state index in [1.54, 1.807) is 58.8 Å². The summed E-state index contributed by atoms with van der Waals surface area (Å²) in [6.45, 7) is 1.76. The van der Waals surface area contributed by atoms with E-state index in [0.29, 0.717) is 24.3 Å². The molecule has 3 rings (SSSR count). The van der Waals surface area contributed by atoms with Crippen LogP contribution in [-0.4, -0.2) is 51.3 Å². The highest BCUT2D eigenvalue weighted by Gasteiger charge is 2.17. The van der Waals surface area contributed by atoms with Gasteiger partial charge in [-0.2, -0.15) is 5.26 Å². The van der Waals surface area contributed by atoms with Gasteiger partial charge in [-0.25, -0.2) is 8.42 Å². The molecule has 0 unspecified atom stereocenters. The van der Waals surface area contributed by atoms with Crippen molar-refractivity contribution >= 4 is 33.0 Å². The van der Waals surface area contributed by atoms with Crippen molar-refractivity contribution < 1.29 is 13.2 Å². The van der Waals surface area contributed by atoms with E-state index in [0.717, 1.165) is 29.0 Å². The fourth-order valence-corrected chi connectivity index (χ4v) is 5.17. The summed E-state index contributed by atoms with van der Waals surface area (Å²) in [7, 11) is 0.311. The predicted octanol–water partition coefficient (Wildman–Crippen LogP) is 3.55. The maximum atomic E-state index is 13.1. The molecule has 0 radical (unpaired) electrons. The topological polar surface area (TPSA) is 93.5 Å². The van der Waals surface area contributed by atoms with Crippen molar-refractivity contribution in [1.29, 1.82) is 5.26 Å². The van der Waals surface area contributed by atoms with Gasteiger partial charge in [0.25, 0.3) is 10.0 Å². The fourth-order valence-electron chi connectivity index (χ4n) is 3.12. The van der Waals surface area contributed by atoms with E-state index < -0.39 is 10.0 Å². The van der Waals surface area contributed by atoms with Crippen LogP contribution in [0.1, 0.15) is 16.7 Å². The number of likely N-dealkylation sites (N-methyl/N-ethyl adjacent to an activating group) is 1. The molecule has 172 valence electrons. The molecule has 0 fully saturated rings. The molecule has 3 aromatic rings. The lowest BCUT2D eigenvalue weighted by atomic mass is 10.1. The molecule has 1 heterocycles. The standard InChI is InChI=1S/C24H26N4O3S2/c1-27(2)13-14-28(18-21-7-5-20(17-25)6-8-21)23(29)16-19-9-11-22(12-10-19)26-33(30,31)24-4-3-15-32-24/h3-12,15,26H,13-14,16,18H2,1-2H3. The van der Waals surface area contributed by atoms with Crippen LogP contribution in [0.3, 0.4) is 0 Å². The zero-order valence-corrected chi connectivity index (χ0v) is 20.2. The molecule has 0 atom stereocenters. The molecule has 0 saturated heterocycles. The first kappa shape index (κ1) is 24.5. The Balaban J connectivity index is 1.66. The van der Waals surface area contributed by atoms with Crippen molar-refractivity contribution in [3.8, 4) is 6.07 Å². The Hall–Kier alpha value is -3.19. The summed E-state index contributed by atoms with van der Waals surface area (Å²) in [4.78, 5) is 16.9. The van der Waals surface area contributed by atoms with Crippen molar-refractivity contribution in [2.24, 2.45) is 0 Å². The molecule has 0 saturated carbocycles. The number of nitriles is 1. The number of sulfonamides is 1. The number of nitrogens with one attached hydrogen (secondary N) is 1. The monoisotopic (exact) mass is 482 g/mol. The van der Waals surface area contributed by atoms with Crippen LogP contribution >= 0.6 is 11.3 Å². The van der Waals surface area contributed by atoms with Crippen molar-refractivity contribution in [2.75, 3.05) is 31.9 Å². The molecule has 1 amide bonds. The Morgan fingerprint density at radius 2 is 1.67 bits per heavy atom. The minimum Gasteiger partial charge on any atom is -0.337 e. The maximum absolute atomic E-state index is 13.1. The molecule has 0 spiro atoms. The Morgan fingerprint density at radius 3 is 2.24 bits per heavy atom. The Morgan fingerprint density at radius 1 is 1.00 bits per heavy atom. The van der Waals surface area contributed by atoms with Crippen LogP contribution in [-0.2, 0) is 27.8 Å². The molecule has 33 heavy (non-hydrogen) atoms. The predicted molar refractivity (Wildman–Crippen MR) is 130 cm³/mol. The number of rotatable bonds is 10. The van der Waals surface area contributed by atoms with Gasteiger partial charge in [0.05, 0.1) is 18.1 Å². The van der Waals surface area contributed by atoms with E-state index in [4.69, 9.17) is 5.26 Å². The van der Waals surface area contributed by atoms with Gasteiger partial charge >= 0.3 is 0 Å². The number of thiophene rings is 1. The molecule has 0 bridgehead atoms. The van der Waals surface area contributed by atoms with Gasteiger partial charge < -0.3 is 9.80 Å². The van der Waals surface area contributed by atoms with E-state index >= 15 is 0 Å². The van der Waals surface area contributed by atoms with Crippen molar-refractivity contribution in [2.45, 2.75) is 17.2 Å². The highest BCUT2D eigenvalue weighted by atomic mass is 32.2. The first-order valence-corrected chi connectivity index (χ1v) is 12.7. The van der Waals surface area contributed by atoms with Crippen molar-refractivity contribution in [1.82, 2.24) is 9.80 Å². The third-order valence-electron chi connectivity index (χ3n) is 4.95. The Bertz CT molecular complexity index is 1200. The first-order valence-electron chi connectivity index (χ1n) is 10.3. The molecular weight excluding hydrogens is 456 g/mol. The van der Waals surface area contributed by atoms with E-state index in [1.165, 1.54) is 0 Å². The van der Waals surface area contributed by atoms with E-state index in [9.17, 15) is 13.2 Å². The lowest BCUT2D eigenvalue weighted by Gasteiger charge is -2.25. The molecule has 1 N–H and O–H groups in total. The quantitative estimate of drug-likeness (QED) is 0.477. The molecular formula is C24H26N4O3S2. The average Bonchev–Trinajstić information content (AvgIpc) is 3.34. The zero-order valence-electron chi connectivity index (χ0n) is 18.6. The van der Waals surface area contributed by atoms with E-state index in [-0.39, 0.29) is 16.5 Å². The minimum absolute atomic E-state index is 0.0203. The summed E-state index contributed by atoms with van der Waals surface area (Å²) in [5.41, 5.74) is 2.79. The number of hydrogen-bond acceptors (Lipinski definition) is 6.